The molecule has 1 heterocycles. The molecular weight excluding hydrogens is 672 g/mol. The van der Waals surface area contributed by atoms with E-state index < -0.39 is 23.9 Å². The van der Waals surface area contributed by atoms with Gasteiger partial charge in [0.05, 0.1) is 40.5 Å². The Labute approximate surface area is 252 Å². The van der Waals surface area contributed by atoms with E-state index in [1.165, 1.54) is 13.3 Å². The number of esters is 2. The monoisotopic (exact) mass is 696 g/mol. The van der Waals surface area contributed by atoms with Crippen molar-refractivity contribution in [2.45, 2.75) is 19.9 Å². The minimum atomic E-state index is -0.637. The van der Waals surface area contributed by atoms with Gasteiger partial charge in [-0.3, -0.25) is 4.79 Å². The molecule has 0 aromatic heterocycles. The Balaban J connectivity index is 1.66. The third kappa shape index (κ3) is 8.26. The number of hydrogen-bond donors (Lipinski definition) is 3. The highest BCUT2D eigenvalue weighted by molar-refractivity contribution is 9.11. The largest absolute Gasteiger partial charge is 0.483 e. The van der Waals surface area contributed by atoms with Gasteiger partial charge in [0.2, 0.25) is 0 Å². The summed E-state index contributed by atoms with van der Waals surface area (Å²) >= 11 is 12.1. The molecule has 0 bridgehead atoms. The molecule has 40 heavy (non-hydrogen) atoms. The zero-order valence-corrected chi connectivity index (χ0v) is 25.7. The van der Waals surface area contributed by atoms with Crippen LogP contribution >= 0.6 is 44.1 Å². The van der Waals surface area contributed by atoms with Gasteiger partial charge in [0, 0.05) is 11.3 Å². The molecule has 11 nitrogen and oxygen atoms in total. The lowest BCUT2D eigenvalue weighted by Crippen LogP contribution is -2.45. The summed E-state index contributed by atoms with van der Waals surface area (Å²) in [6.07, 6.45) is 1.44. The summed E-state index contributed by atoms with van der Waals surface area (Å²) in [6.45, 7) is 3.09. The molecule has 1 aliphatic rings. The smallest absolute Gasteiger partial charge is 0.343 e. The predicted molar refractivity (Wildman–Crippen MR) is 158 cm³/mol. The van der Waals surface area contributed by atoms with E-state index in [9.17, 15) is 14.4 Å². The van der Waals surface area contributed by atoms with Crippen LogP contribution in [0.5, 0.6) is 11.5 Å². The molecule has 0 unspecified atom stereocenters. The first-order chi connectivity index (χ1) is 19.1. The highest BCUT2D eigenvalue weighted by Crippen LogP contribution is 2.35. The van der Waals surface area contributed by atoms with Gasteiger partial charge in [-0.1, -0.05) is 18.2 Å². The summed E-state index contributed by atoms with van der Waals surface area (Å²) < 4.78 is 22.2. The van der Waals surface area contributed by atoms with Crippen molar-refractivity contribution in [1.82, 2.24) is 16.1 Å². The zero-order valence-electron chi connectivity index (χ0n) is 21.7. The average molecular weight is 698 g/mol. The van der Waals surface area contributed by atoms with E-state index >= 15 is 0 Å². The van der Waals surface area contributed by atoms with E-state index in [1.807, 2.05) is 0 Å². The number of carbonyl (C=O) groups excluding carboxylic acids is 3. The number of thiocarbonyl (C=S) groups is 1. The van der Waals surface area contributed by atoms with Crippen LogP contribution in [0, 0.1) is 0 Å². The van der Waals surface area contributed by atoms with Gasteiger partial charge in [0.15, 0.2) is 18.3 Å². The number of carbonyl (C=O) groups is 3. The Morgan fingerprint density at radius 1 is 1.12 bits per heavy atom. The second-order valence-corrected chi connectivity index (χ2v) is 10.2. The summed E-state index contributed by atoms with van der Waals surface area (Å²) in [5.74, 6) is -0.713. The first-order valence-corrected chi connectivity index (χ1v) is 13.8. The van der Waals surface area contributed by atoms with Crippen LogP contribution in [0.25, 0.3) is 0 Å². The second-order valence-electron chi connectivity index (χ2n) is 8.09. The Hall–Kier alpha value is -3.49. The molecule has 14 heteroatoms. The minimum Gasteiger partial charge on any atom is -0.483 e. The molecule has 0 saturated carbocycles. The van der Waals surface area contributed by atoms with Gasteiger partial charge in [-0.05, 0) is 81.7 Å². The third-order valence-corrected chi connectivity index (χ3v) is 6.74. The maximum Gasteiger partial charge on any atom is 0.343 e. The van der Waals surface area contributed by atoms with Gasteiger partial charge in [0.1, 0.15) is 11.5 Å². The molecule has 1 aliphatic heterocycles. The summed E-state index contributed by atoms with van der Waals surface area (Å²) in [7, 11) is 1.27. The molecule has 1 amide bonds. The highest BCUT2D eigenvalue weighted by Gasteiger charge is 2.32. The van der Waals surface area contributed by atoms with Crippen LogP contribution in [-0.4, -0.2) is 56.1 Å². The third-order valence-electron chi connectivity index (χ3n) is 5.34. The molecule has 0 radical (unpaired) electrons. The van der Waals surface area contributed by atoms with E-state index in [0.29, 0.717) is 48.0 Å². The van der Waals surface area contributed by atoms with E-state index in [2.05, 4.69) is 57.8 Å². The van der Waals surface area contributed by atoms with Crippen molar-refractivity contribution in [3.05, 3.63) is 67.7 Å². The number of amides is 1. The molecule has 1 atom stereocenters. The maximum atomic E-state index is 12.7. The summed E-state index contributed by atoms with van der Waals surface area (Å²) in [5, 5.41) is 10.3. The SMILES string of the molecule is CCOC(=O)C1=C(C)NC(=S)N[C@H]1c1ccccc1OCC(=O)NN=Cc1cc(Br)c(OCC(=O)OC)c(Br)c1. The van der Waals surface area contributed by atoms with Gasteiger partial charge >= 0.3 is 11.9 Å². The van der Waals surface area contributed by atoms with E-state index in [1.54, 1.807) is 50.2 Å². The Morgan fingerprint density at radius 3 is 2.50 bits per heavy atom. The fourth-order valence-corrected chi connectivity index (χ4v) is 5.32. The molecular formula is C26H26Br2N4O7S. The first-order valence-electron chi connectivity index (χ1n) is 11.8. The molecule has 0 fully saturated rings. The molecule has 2 aromatic rings. The number of ether oxygens (including phenoxy) is 4. The molecule has 3 rings (SSSR count). The summed E-state index contributed by atoms with van der Waals surface area (Å²) in [6, 6.07) is 9.78. The van der Waals surface area contributed by atoms with E-state index in [0.717, 1.165) is 0 Å². The van der Waals surface area contributed by atoms with Gasteiger partial charge in [-0.2, -0.15) is 5.10 Å². The van der Waals surface area contributed by atoms with Crippen molar-refractivity contribution < 1.29 is 33.3 Å². The zero-order chi connectivity index (χ0) is 29.2. The lowest BCUT2D eigenvalue weighted by Gasteiger charge is -2.30. The van der Waals surface area contributed by atoms with Crippen molar-refractivity contribution in [3.8, 4) is 11.5 Å². The van der Waals surface area contributed by atoms with Gasteiger partial charge in [-0.25, -0.2) is 15.0 Å². The van der Waals surface area contributed by atoms with Crippen molar-refractivity contribution in [1.29, 1.82) is 0 Å². The number of hydrazone groups is 1. The van der Waals surface area contributed by atoms with Crippen molar-refractivity contribution in [2.75, 3.05) is 26.9 Å². The van der Waals surface area contributed by atoms with Crippen molar-refractivity contribution in [3.63, 3.8) is 0 Å². The Bertz CT molecular complexity index is 1340. The lowest BCUT2D eigenvalue weighted by atomic mass is 9.95. The number of methoxy groups -OCH3 is 1. The lowest BCUT2D eigenvalue weighted by molar-refractivity contribution is -0.143. The number of benzene rings is 2. The standard InChI is InChI=1S/C26H26Br2N4O7S/c1-4-37-25(35)22-14(2)30-26(40)31-23(22)16-7-5-6-8-19(16)38-12-20(33)32-29-11-15-9-17(27)24(18(28)10-15)39-13-21(34)36-3/h5-11,23H,4,12-13H2,1-3H3,(H,32,33)(H2,30,31,40)/t23-/m0/s1. The van der Waals surface area contributed by atoms with Gasteiger partial charge in [0.25, 0.3) is 5.91 Å². The fraction of sp³-hybridized carbons (Fsp3) is 0.269. The quantitative estimate of drug-likeness (QED) is 0.138. The van der Waals surface area contributed by atoms with Crippen LogP contribution in [0.1, 0.15) is 31.0 Å². The topological polar surface area (TPSA) is 137 Å². The molecule has 0 saturated heterocycles. The van der Waals surface area contributed by atoms with Crippen molar-refractivity contribution in [2.24, 2.45) is 5.10 Å². The van der Waals surface area contributed by atoms with Crippen molar-refractivity contribution >= 4 is 73.3 Å². The maximum absolute atomic E-state index is 12.7. The number of para-hydroxylation sites is 1. The number of allylic oxidation sites excluding steroid dienone is 1. The first kappa shape index (κ1) is 31.0. The number of halogens is 2. The molecule has 3 N–H and O–H groups in total. The Morgan fingerprint density at radius 2 is 1.82 bits per heavy atom. The molecule has 2 aromatic carbocycles. The fourth-order valence-electron chi connectivity index (χ4n) is 3.59. The molecule has 0 spiro atoms. The average Bonchev–Trinajstić information content (AvgIpc) is 2.91. The minimum absolute atomic E-state index is 0.215. The van der Waals surface area contributed by atoms with Crippen LogP contribution < -0.4 is 25.5 Å². The molecule has 212 valence electrons. The van der Waals surface area contributed by atoms with Gasteiger partial charge in [-0.15, -0.1) is 0 Å². The number of nitrogens with zero attached hydrogens (tertiary/aromatic N) is 1. The highest BCUT2D eigenvalue weighted by atomic mass is 79.9. The number of rotatable bonds is 11. The normalized spacial score (nSPS) is 14.7. The predicted octanol–water partition coefficient (Wildman–Crippen LogP) is 3.65. The Kier molecular flexibility index (Phi) is 11.5. The molecule has 0 aliphatic carbocycles. The van der Waals surface area contributed by atoms with E-state index in [-0.39, 0.29) is 19.8 Å². The number of hydrogen-bond acceptors (Lipinski definition) is 9. The van der Waals surface area contributed by atoms with Crippen LogP contribution in [0.4, 0.5) is 0 Å². The summed E-state index contributed by atoms with van der Waals surface area (Å²) in [4.78, 5) is 36.5. The second kappa shape index (κ2) is 14.8. The van der Waals surface area contributed by atoms with Gasteiger partial charge < -0.3 is 29.6 Å². The van der Waals surface area contributed by atoms with Crippen LogP contribution in [-0.2, 0) is 23.9 Å². The van der Waals surface area contributed by atoms with E-state index in [4.69, 9.17) is 26.4 Å². The van der Waals surface area contributed by atoms with Crippen LogP contribution in [0.3, 0.4) is 0 Å². The van der Waals surface area contributed by atoms with Crippen LogP contribution in [0.15, 0.2) is 61.7 Å². The summed E-state index contributed by atoms with van der Waals surface area (Å²) in [5.41, 5.74) is 4.58. The van der Waals surface area contributed by atoms with Crippen LogP contribution in [0.2, 0.25) is 0 Å². The number of nitrogens with one attached hydrogen (secondary N) is 3.